The molecular formula is C17H30. The topological polar surface area (TPSA) is 0 Å². The van der Waals surface area contributed by atoms with E-state index in [1.165, 1.54) is 36.8 Å². The summed E-state index contributed by atoms with van der Waals surface area (Å²) in [5.74, 6) is 0.768. The highest BCUT2D eigenvalue weighted by atomic mass is 14.2. The summed E-state index contributed by atoms with van der Waals surface area (Å²) in [4.78, 5) is 0. The molecule has 0 nitrogen and oxygen atoms in total. The van der Waals surface area contributed by atoms with E-state index in [9.17, 15) is 0 Å². The molecule has 0 bridgehead atoms. The highest BCUT2D eigenvalue weighted by Crippen LogP contribution is 2.26. The van der Waals surface area contributed by atoms with Crippen molar-refractivity contribution in [2.75, 3.05) is 0 Å². The van der Waals surface area contributed by atoms with E-state index in [2.05, 4.69) is 47.3 Å². The van der Waals surface area contributed by atoms with Crippen LogP contribution >= 0.6 is 0 Å². The Morgan fingerprint density at radius 3 is 1.94 bits per heavy atom. The highest BCUT2D eigenvalue weighted by Gasteiger charge is 2.10. The SMILES string of the molecule is C=C/C(=C\C(C)=C(/C)C(CCC)CCC)CC. The average Bonchev–Trinajstić information content (AvgIpc) is 2.34. The van der Waals surface area contributed by atoms with Gasteiger partial charge in [0.2, 0.25) is 0 Å². The van der Waals surface area contributed by atoms with Crippen LogP contribution in [0.15, 0.2) is 35.5 Å². The summed E-state index contributed by atoms with van der Waals surface area (Å²) in [6, 6.07) is 0. The first-order chi connectivity index (χ1) is 8.10. The standard InChI is InChI=1S/C17H30/c1-7-11-17(12-8-2)15(6)14(5)13-16(9-3)10-4/h9,13,17H,3,7-8,10-12H2,1-2,4-6H3/b15-14+,16-13+. The first-order valence-corrected chi connectivity index (χ1v) is 7.10. The molecule has 0 aromatic heterocycles. The lowest BCUT2D eigenvalue weighted by Crippen LogP contribution is -2.03. The number of hydrogen-bond acceptors (Lipinski definition) is 0. The molecule has 0 N–H and O–H groups in total. The van der Waals surface area contributed by atoms with Crippen LogP contribution in [0.3, 0.4) is 0 Å². The first-order valence-electron chi connectivity index (χ1n) is 7.10. The monoisotopic (exact) mass is 234 g/mol. The maximum Gasteiger partial charge on any atom is -0.0200 e. The maximum atomic E-state index is 3.87. The van der Waals surface area contributed by atoms with Gasteiger partial charge in [0.15, 0.2) is 0 Å². The van der Waals surface area contributed by atoms with Crippen LogP contribution in [0.5, 0.6) is 0 Å². The maximum absolute atomic E-state index is 3.87. The molecule has 0 radical (unpaired) electrons. The summed E-state index contributed by atoms with van der Waals surface area (Å²) < 4.78 is 0. The Balaban J connectivity index is 4.96. The fourth-order valence-electron chi connectivity index (χ4n) is 2.29. The highest BCUT2D eigenvalue weighted by molar-refractivity contribution is 5.31. The Labute approximate surface area is 109 Å². The molecule has 0 heterocycles. The molecule has 0 aliphatic carbocycles. The van der Waals surface area contributed by atoms with Gasteiger partial charge in [-0.05, 0) is 44.6 Å². The zero-order chi connectivity index (χ0) is 13.3. The van der Waals surface area contributed by atoms with E-state index in [4.69, 9.17) is 0 Å². The third-order valence-corrected chi connectivity index (χ3v) is 3.58. The molecule has 0 unspecified atom stereocenters. The van der Waals surface area contributed by atoms with Crippen LogP contribution in [0.2, 0.25) is 0 Å². The summed E-state index contributed by atoms with van der Waals surface area (Å²) in [6.07, 6.45) is 10.6. The molecular weight excluding hydrogens is 204 g/mol. The van der Waals surface area contributed by atoms with Gasteiger partial charge in [-0.3, -0.25) is 0 Å². The van der Waals surface area contributed by atoms with Crippen molar-refractivity contribution in [1.29, 1.82) is 0 Å². The van der Waals surface area contributed by atoms with Crippen molar-refractivity contribution in [2.24, 2.45) is 5.92 Å². The van der Waals surface area contributed by atoms with E-state index >= 15 is 0 Å². The van der Waals surface area contributed by atoms with Gasteiger partial charge < -0.3 is 0 Å². The van der Waals surface area contributed by atoms with Crippen LogP contribution in [0.25, 0.3) is 0 Å². The predicted octanol–water partition coefficient (Wildman–Crippen LogP) is 6.06. The molecule has 98 valence electrons. The smallest absolute Gasteiger partial charge is 0.0200 e. The Morgan fingerprint density at radius 1 is 1.06 bits per heavy atom. The lowest BCUT2D eigenvalue weighted by Gasteiger charge is -2.18. The van der Waals surface area contributed by atoms with Crippen LogP contribution in [0.1, 0.15) is 66.7 Å². The lowest BCUT2D eigenvalue weighted by molar-refractivity contribution is 0.501. The second-order valence-corrected chi connectivity index (χ2v) is 4.92. The summed E-state index contributed by atoms with van der Waals surface area (Å²) in [5, 5.41) is 0. The van der Waals surface area contributed by atoms with Crippen LogP contribution < -0.4 is 0 Å². The zero-order valence-corrected chi connectivity index (χ0v) is 12.5. The summed E-state index contributed by atoms with van der Waals surface area (Å²) in [5.41, 5.74) is 4.35. The Hall–Kier alpha value is -0.780. The Kier molecular flexibility index (Phi) is 8.85. The molecule has 0 rings (SSSR count). The quantitative estimate of drug-likeness (QED) is 0.448. The van der Waals surface area contributed by atoms with E-state index in [1.807, 2.05) is 6.08 Å². The van der Waals surface area contributed by atoms with Gasteiger partial charge in [-0.2, -0.15) is 0 Å². The van der Waals surface area contributed by atoms with Crippen LogP contribution in [0.4, 0.5) is 0 Å². The van der Waals surface area contributed by atoms with Crippen molar-refractivity contribution >= 4 is 0 Å². The summed E-state index contributed by atoms with van der Waals surface area (Å²) in [7, 11) is 0. The van der Waals surface area contributed by atoms with Gasteiger partial charge in [-0.1, -0.05) is 63.5 Å². The van der Waals surface area contributed by atoms with Crippen molar-refractivity contribution in [3.63, 3.8) is 0 Å². The minimum Gasteiger partial charge on any atom is -0.0988 e. The molecule has 0 fully saturated rings. The number of allylic oxidation sites excluding steroid dienone is 5. The van der Waals surface area contributed by atoms with Gasteiger partial charge in [0.25, 0.3) is 0 Å². The van der Waals surface area contributed by atoms with E-state index in [-0.39, 0.29) is 0 Å². The number of rotatable bonds is 8. The van der Waals surface area contributed by atoms with Crippen LogP contribution in [0, 0.1) is 5.92 Å². The molecule has 0 atom stereocenters. The van der Waals surface area contributed by atoms with Crippen molar-refractivity contribution in [1.82, 2.24) is 0 Å². The lowest BCUT2D eigenvalue weighted by atomic mass is 9.88. The summed E-state index contributed by atoms with van der Waals surface area (Å²) in [6.45, 7) is 15.2. The normalized spacial score (nSPS) is 13.9. The minimum absolute atomic E-state index is 0.768. The predicted molar refractivity (Wildman–Crippen MR) is 80.3 cm³/mol. The molecule has 0 saturated heterocycles. The van der Waals surface area contributed by atoms with Crippen LogP contribution in [-0.2, 0) is 0 Å². The van der Waals surface area contributed by atoms with Gasteiger partial charge in [0.05, 0.1) is 0 Å². The van der Waals surface area contributed by atoms with E-state index < -0.39 is 0 Å². The first kappa shape index (κ1) is 16.2. The van der Waals surface area contributed by atoms with E-state index in [0.29, 0.717) is 0 Å². The van der Waals surface area contributed by atoms with E-state index in [1.54, 1.807) is 5.57 Å². The molecule has 0 aliphatic rings. The van der Waals surface area contributed by atoms with Gasteiger partial charge in [-0.25, -0.2) is 0 Å². The molecule has 0 spiro atoms. The van der Waals surface area contributed by atoms with Crippen molar-refractivity contribution in [3.05, 3.63) is 35.5 Å². The van der Waals surface area contributed by atoms with Gasteiger partial charge in [0, 0.05) is 0 Å². The molecule has 0 amide bonds. The molecule has 0 aromatic carbocycles. The molecule has 17 heavy (non-hydrogen) atoms. The van der Waals surface area contributed by atoms with Crippen LogP contribution in [-0.4, -0.2) is 0 Å². The van der Waals surface area contributed by atoms with Crippen molar-refractivity contribution < 1.29 is 0 Å². The minimum atomic E-state index is 0.768. The largest absolute Gasteiger partial charge is 0.0988 e. The molecule has 0 aliphatic heterocycles. The Bertz CT molecular complexity index is 272. The number of hydrogen-bond donors (Lipinski definition) is 0. The fourth-order valence-corrected chi connectivity index (χ4v) is 2.29. The molecule has 0 heteroatoms. The van der Waals surface area contributed by atoms with Crippen molar-refractivity contribution in [3.8, 4) is 0 Å². The molecule has 0 aromatic rings. The third kappa shape index (κ3) is 5.91. The zero-order valence-electron chi connectivity index (χ0n) is 12.5. The third-order valence-electron chi connectivity index (χ3n) is 3.58. The average molecular weight is 234 g/mol. The summed E-state index contributed by atoms with van der Waals surface area (Å²) >= 11 is 0. The Morgan fingerprint density at radius 2 is 1.59 bits per heavy atom. The second kappa shape index (κ2) is 9.27. The fraction of sp³-hybridized carbons (Fsp3) is 0.647. The molecule has 0 saturated carbocycles. The van der Waals surface area contributed by atoms with Crippen molar-refractivity contribution in [2.45, 2.75) is 66.7 Å². The second-order valence-electron chi connectivity index (χ2n) is 4.92. The van der Waals surface area contributed by atoms with Gasteiger partial charge in [0.1, 0.15) is 0 Å². The van der Waals surface area contributed by atoms with E-state index in [0.717, 1.165) is 12.3 Å². The van der Waals surface area contributed by atoms with Gasteiger partial charge >= 0.3 is 0 Å². The van der Waals surface area contributed by atoms with Gasteiger partial charge in [-0.15, -0.1) is 0 Å².